The molecule has 0 spiro atoms. The Morgan fingerprint density at radius 3 is 2.29 bits per heavy atom. The van der Waals surface area contributed by atoms with Crippen LogP contribution in [0, 0.1) is 0 Å². The van der Waals surface area contributed by atoms with Gasteiger partial charge in [0.15, 0.2) is 9.84 Å². The molecule has 2 aromatic rings. The van der Waals surface area contributed by atoms with Crippen LogP contribution in [-0.4, -0.2) is 31.4 Å². The van der Waals surface area contributed by atoms with E-state index in [1.807, 2.05) is 30.3 Å². The molecule has 0 aliphatic heterocycles. The Morgan fingerprint density at radius 2 is 1.71 bits per heavy atom. The molecule has 28 heavy (non-hydrogen) atoms. The van der Waals surface area contributed by atoms with Crippen LogP contribution in [0.4, 0.5) is 0 Å². The average molecular weight is 406 g/mol. The van der Waals surface area contributed by atoms with Gasteiger partial charge in [-0.15, -0.1) is 0 Å². The predicted octanol–water partition coefficient (Wildman–Crippen LogP) is 3.54. The van der Waals surface area contributed by atoms with Crippen LogP contribution in [-0.2, 0) is 21.1 Å². The topological polar surface area (TPSA) is 92.7 Å². The Kier molecular flexibility index (Phi) is 7.60. The van der Waals surface area contributed by atoms with Crippen LogP contribution >= 0.6 is 0 Å². The number of hydrogen-bond acceptors (Lipinski definition) is 5. The number of sulfone groups is 1. The van der Waals surface area contributed by atoms with Crippen LogP contribution in [0.25, 0.3) is 0 Å². The Balaban J connectivity index is 2.16. The molecule has 2 rings (SSSR count). The van der Waals surface area contributed by atoms with Crippen molar-refractivity contribution in [2.24, 2.45) is 0 Å². The minimum Gasteiger partial charge on any atom is -0.497 e. The lowest BCUT2D eigenvalue weighted by Gasteiger charge is -2.29. The molecule has 1 amide bonds. The molecular formula is C21H27NO5S. The largest absolute Gasteiger partial charge is 0.497 e. The number of aryl methyl sites for hydroxylation is 1. The molecule has 0 unspecified atom stereocenters. The third kappa shape index (κ3) is 5.33. The molecule has 2 aromatic carbocycles. The Hall–Kier alpha value is -2.38. The van der Waals surface area contributed by atoms with E-state index in [-0.39, 0.29) is 11.3 Å². The van der Waals surface area contributed by atoms with Crippen molar-refractivity contribution in [1.82, 2.24) is 5.48 Å². The molecule has 1 atom stereocenters. The summed E-state index contributed by atoms with van der Waals surface area (Å²) in [7, 11) is -2.30. The second-order valence-electron chi connectivity index (χ2n) is 7.03. The second-order valence-corrected chi connectivity index (χ2v) is 9.50. The number of amides is 1. The van der Waals surface area contributed by atoms with Crippen molar-refractivity contribution in [1.29, 1.82) is 0 Å². The molecular weight excluding hydrogens is 378 g/mol. The van der Waals surface area contributed by atoms with Crippen LogP contribution in [0.2, 0.25) is 0 Å². The molecule has 0 saturated heterocycles. The van der Waals surface area contributed by atoms with E-state index >= 15 is 0 Å². The number of hydrogen-bond donors (Lipinski definition) is 2. The fraction of sp³-hybridized carbons (Fsp3) is 0.381. The molecule has 0 bridgehead atoms. The number of carbonyl (C=O) groups excluding carboxylic acids is 1. The monoisotopic (exact) mass is 405 g/mol. The molecule has 0 heterocycles. The van der Waals surface area contributed by atoms with Gasteiger partial charge in [-0.25, -0.2) is 13.9 Å². The van der Waals surface area contributed by atoms with Crippen molar-refractivity contribution >= 4 is 15.7 Å². The van der Waals surface area contributed by atoms with Gasteiger partial charge in [-0.05, 0) is 56.0 Å². The fourth-order valence-corrected chi connectivity index (χ4v) is 5.01. The SMILES string of the molecule is COc1ccc(S(=O)(=O)[C@](C)(CCCCc2ccccc2)CC(=O)NO)cc1. The first-order valence-electron chi connectivity index (χ1n) is 9.18. The molecule has 0 fully saturated rings. The van der Waals surface area contributed by atoms with Crippen LogP contribution in [0.1, 0.15) is 38.2 Å². The highest BCUT2D eigenvalue weighted by Crippen LogP contribution is 2.34. The lowest BCUT2D eigenvalue weighted by Crippen LogP contribution is -2.40. The number of carbonyl (C=O) groups is 1. The van der Waals surface area contributed by atoms with Crippen LogP contribution in [0.3, 0.4) is 0 Å². The van der Waals surface area contributed by atoms with Gasteiger partial charge in [-0.1, -0.05) is 36.8 Å². The van der Waals surface area contributed by atoms with Crippen molar-refractivity contribution in [2.45, 2.75) is 48.7 Å². The molecule has 0 aromatic heterocycles. The van der Waals surface area contributed by atoms with Gasteiger partial charge in [0.1, 0.15) is 5.75 Å². The molecule has 0 aliphatic carbocycles. The van der Waals surface area contributed by atoms with Crippen LogP contribution in [0.5, 0.6) is 5.75 Å². The number of hydroxylamine groups is 1. The van der Waals surface area contributed by atoms with Gasteiger partial charge in [0, 0.05) is 6.42 Å². The first kappa shape index (κ1) is 21.9. The summed E-state index contributed by atoms with van der Waals surface area (Å²) >= 11 is 0. The van der Waals surface area contributed by atoms with Gasteiger partial charge in [0.05, 0.1) is 16.8 Å². The highest BCUT2D eigenvalue weighted by atomic mass is 32.2. The van der Waals surface area contributed by atoms with E-state index in [0.29, 0.717) is 18.6 Å². The number of methoxy groups -OCH3 is 1. The summed E-state index contributed by atoms with van der Waals surface area (Å²) < 4.78 is 30.3. The number of unbranched alkanes of at least 4 members (excludes halogenated alkanes) is 1. The maximum Gasteiger partial charge on any atom is 0.244 e. The molecule has 7 heteroatoms. The van der Waals surface area contributed by atoms with Crippen LogP contribution in [0.15, 0.2) is 59.5 Å². The summed E-state index contributed by atoms with van der Waals surface area (Å²) in [5.74, 6) is -0.167. The normalized spacial score (nSPS) is 13.5. The molecule has 0 saturated carbocycles. The second kappa shape index (κ2) is 9.71. The molecule has 152 valence electrons. The number of ether oxygens (including phenoxy) is 1. The van der Waals surface area contributed by atoms with Crippen molar-refractivity contribution < 1.29 is 23.2 Å². The zero-order valence-corrected chi connectivity index (χ0v) is 17.0. The third-order valence-corrected chi connectivity index (χ3v) is 7.48. The number of nitrogens with one attached hydrogen (secondary N) is 1. The Labute approximate surface area is 166 Å². The predicted molar refractivity (Wildman–Crippen MR) is 107 cm³/mol. The van der Waals surface area contributed by atoms with Crippen molar-refractivity contribution in [3.63, 3.8) is 0 Å². The lowest BCUT2D eigenvalue weighted by molar-refractivity contribution is -0.129. The Bertz CT molecular complexity index is 865. The fourth-order valence-electron chi connectivity index (χ4n) is 3.21. The minimum absolute atomic E-state index is 0.129. The molecule has 0 radical (unpaired) electrons. The van der Waals surface area contributed by atoms with E-state index in [0.717, 1.165) is 12.8 Å². The molecule has 6 nitrogen and oxygen atoms in total. The van der Waals surface area contributed by atoms with Gasteiger partial charge < -0.3 is 4.74 Å². The van der Waals surface area contributed by atoms with Gasteiger partial charge in [-0.2, -0.15) is 0 Å². The summed E-state index contributed by atoms with van der Waals surface area (Å²) in [6.45, 7) is 1.56. The van der Waals surface area contributed by atoms with E-state index in [9.17, 15) is 13.2 Å². The summed E-state index contributed by atoms with van der Waals surface area (Å²) in [6, 6.07) is 16.1. The zero-order valence-electron chi connectivity index (χ0n) is 16.2. The van der Waals surface area contributed by atoms with Crippen molar-refractivity contribution in [3.05, 3.63) is 60.2 Å². The Morgan fingerprint density at radius 1 is 1.07 bits per heavy atom. The molecule has 0 aliphatic rings. The third-order valence-electron chi connectivity index (χ3n) is 4.94. The van der Waals surface area contributed by atoms with Gasteiger partial charge in [-0.3, -0.25) is 10.0 Å². The zero-order chi connectivity index (χ0) is 20.6. The summed E-state index contributed by atoms with van der Waals surface area (Å²) in [5.41, 5.74) is 2.75. The quantitative estimate of drug-likeness (QED) is 0.358. The van der Waals surface area contributed by atoms with Gasteiger partial charge in [0.2, 0.25) is 5.91 Å². The maximum absolute atomic E-state index is 13.3. The van der Waals surface area contributed by atoms with E-state index in [1.165, 1.54) is 24.8 Å². The first-order valence-corrected chi connectivity index (χ1v) is 10.7. The van der Waals surface area contributed by atoms with Crippen LogP contribution < -0.4 is 10.2 Å². The molecule has 2 N–H and O–H groups in total. The van der Waals surface area contributed by atoms with Crippen molar-refractivity contribution in [3.8, 4) is 5.75 Å². The highest BCUT2D eigenvalue weighted by Gasteiger charge is 2.41. The summed E-state index contributed by atoms with van der Waals surface area (Å²) in [4.78, 5) is 11.9. The summed E-state index contributed by atoms with van der Waals surface area (Å²) in [6.07, 6.45) is 2.27. The lowest BCUT2D eigenvalue weighted by atomic mass is 9.97. The van der Waals surface area contributed by atoms with E-state index in [4.69, 9.17) is 9.94 Å². The maximum atomic E-state index is 13.3. The first-order chi connectivity index (χ1) is 13.3. The number of rotatable bonds is 10. The van der Waals surface area contributed by atoms with E-state index in [2.05, 4.69) is 0 Å². The van der Waals surface area contributed by atoms with Gasteiger partial charge in [0.25, 0.3) is 0 Å². The van der Waals surface area contributed by atoms with E-state index < -0.39 is 20.5 Å². The minimum atomic E-state index is -3.80. The average Bonchev–Trinajstić information content (AvgIpc) is 2.71. The standard InChI is InChI=1S/C21H27NO5S/c1-21(16-20(23)22-24,15-7-6-10-17-8-4-3-5-9-17)28(25,26)19-13-11-18(27-2)12-14-19/h3-5,8-9,11-14,24H,6-7,10,15-16H2,1-2H3,(H,22,23)/t21-/m1/s1. The van der Waals surface area contributed by atoms with E-state index in [1.54, 1.807) is 24.5 Å². The van der Waals surface area contributed by atoms with Crippen molar-refractivity contribution in [2.75, 3.05) is 7.11 Å². The highest BCUT2D eigenvalue weighted by molar-refractivity contribution is 7.92. The summed E-state index contributed by atoms with van der Waals surface area (Å²) in [5, 5.41) is 8.91. The number of benzene rings is 2. The van der Waals surface area contributed by atoms with Gasteiger partial charge >= 0.3 is 0 Å². The smallest absolute Gasteiger partial charge is 0.244 e.